The third-order valence-corrected chi connectivity index (χ3v) is 5.59. The van der Waals surface area contributed by atoms with Crippen LogP contribution in [0.5, 0.6) is 0 Å². The van der Waals surface area contributed by atoms with Crippen LogP contribution in [0.4, 0.5) is 13.2 Å². The smallest absolute Gasteiger partial charge is 0.314 e. The summed E-state index contributed by atoms with van der Waals surface area (Å²) in [5.41, 5.74) is -3.05. The number of nitrogens with zero attached hydrogens (tertiary/aromatic N) is 1. The van der Waals surface area contributed by atoms with Gasteiger partial charge in [-0.15, -0.1) is 24.8 Å². The van der Waals surface area contributed by atoms with Crippen LogP contribution in [0, 0.1) is 5.92 Å². The van der Waals surface area contributed by atoms with Crippen LogP contribution in [0.15, 0.2) is 29.2 Å². The van der Waals surface area contributed by atoms with Crippen LogP contribution in [0.1, 0.15) is 37.3 Å². The summed E-state index contributed by atoms with van der Waals surface area (Å²) in [6.07, 6.45) is 5.01. The molecule has 144 valence electrons. The van der Waals surface area contributed by atoms with Crippen molar-refractivity contribution in [2.75, 3.05) is 26.2 Å². The molecule has 2 aliphatic rings. The van der Waals surface area contributed by atoms with Gasteiger partial charge in [0.25, 0.3) is 0 Å². The van der Waals surface area contributed by atoms with E-state index in [2.05, 4.69) is 10.2 Å². The molecular weight excluding hydrogens is 392 g/mol. The van der Waals surface area contributed by atoms with Crippen LogP contribution >= 0.6 is 36.6 Å². The molecule has 1 aliphatic carbocycles. The molecule has 1 heterocycles. The number of benzene rings is 1. The zero-order valence-electron chi connectivity index (χ0n) is 13.9. The Hall–Kier alpha value is -0.140. The van der Waals surface area contributed by atoms with Crippen molar-refractivity contribution in [2.24, 2.45) is 5.92 Å². The fraction of sp³-hybridized carbons (Fsp3) is 0.647. The minimum Gasteiger partial charge on any atom is -0.314 e. The summed E-state index contributed by atoms with van der Waals surface area (Å²) < 4.78 is 37.5. The van der Waals surface area contributed by atoms with Gasteiger partial charge < -0.3 is 5.32 Å². The van der Waals surface area contributed by atoms with Gasteiger partial charge in [-0.05, 0) is 48.2 Å². The molecule has 1 atom stereocenters. The van der Waals surface area contributed by atoms with E-state index in [1.165, 1.54) is 31.2 Å². The predicted octanol–water partition coefficient (Wildman–Crippen LogP) is 5.28. The Kier molecular flexibility index (Phi) is 9.40. The molecule has 25 heavy (non-hydrogen) atoms. The number of rotatable bonds is 4. The van der Waals surface area contributed by atoms with Crippen LogP contribution < -0.4 is 5.32 Å². The summed E-state index contributed by atoms with van der Waals surface area (Å²) in [5.74, 6) is 0.634. The van der Waals surface area contributed by atoms with Gasteiger partial charge >= 0.3 is 5.51 Å². The molecule has 0 amide bonds. The van der Waals surface area contributed by atoms with E-state index in [1.807, 2.05) is 12.1 Å². The fourth-order valence-electron chi connectivity index (χ4n) is 3.88. The predicted molar refractivity (Wildman–Crippen MR) is 102 cm³/mol. The molecule has 0 spiro atoms. The number of hydrogen-bond acceptors (Lipinski definition) is 3. The number of hydrogen-bond donors (Lipinski definition) is 1. The maximum absolute atomic E-state index is 12.5. The van der Waals surface area contributed by atoms with Gasteiger partial charge in [0.05, 0.1) is 0 Å². The molecule has 0 bridgehead atoms. The molecular formula is C17H25Cl2F3N2S. The van der Waals surface area contributed by atoms with Gasteiger partial charge in [-0.25, -0.2) is 0 Å². The zero-order chi connectivity index (χ0) is 16.3. The third kappa shape index (κ3) is 6.51. The van der Waals surface area contributed by atoms with Crippen molar-refractivity contribution in [1.29, 1.82) is 0 Å². The zero-order valence-corrected chi connectivity index (χ0v) is 16.4. The van der Waals surface area contributed by atoms with Crippen molar-refractivity contribution in [3.05, 3.63) is 29.8 Å². The first-order valence-electron chi connectivity index (χ1n) is 8.33. The summed E-state index contributed by atoms with van der Waals surface area (Å²) in [7, 11) is 0. The van der Waals surface area contributed by atoms with Gasteiger partial charge in [-0.1, -0.05) is 25.0 Å². The second kappa shape index (κ2) is 10.3. The van der Waals surface area contributed by atoms with Crippen molar-refractivity contribution in [3.8, 4) is 0 Å². The molecule has 1 N–H and O–H groups in total. The van der Waals surface area contributed by atoms with Crippen LogP contribution in [-0.4, -0.2) is 36.6 Å². The van der Waals surface area contributed by atoms with Crippen molar-refractivity contribution < 1.29 is 13.2 Å². The van der Waals surface area contributed by atoms with Gasteiger partial charge in [0.15, 0.2) is 0 Å². The molecule has 1 aromatic rings. The molecule has 0 radical (unpaired) electrons. The lowest BCUT2D eigenvalue weighted by Crippen LogP contribution is -2.46. The quantitative estimate of drug-likeness (QED) is 0.672. The molecule has 1 saturated heterocycles. The lowest BCUT2D eigenvalue weighted by Gasteiger charge is -2.38. The van der Waals surface area contributed by atoms with E-state index >= 15 is 0 Å². The van der Waals surface area contributed by atoms with Gasteiger partial charge in [-0.3, -0.25) is 4.90 Å². The first-order valence-corrected chi connectivity index (χ1v) is 9.15. The molecule has 8 heteroatoms. The molecule has 0 unspecified atom stereocenters. The van der Waals surface area contributed by atoms with E-state index in [-0.39, 0.29) is 41.5 Å². The summed E-state index contributed by atoms with van der Waals surface area (Å²) in [4.78, 5) is 2.78. The minimum absolute atomic E-state index is 0. The number of thioether (sulfide) groups is 1. The van der Waals surface area contributed by atoms with Crippen molar-refractivity contribution in [1.82, 2.24) is 10.2 Å². The Morgan fingerprint density at radius 3 is 2.08 bits per heavy atom. The SMILES string of the molecule is Cl.Cl.FC(F)(F)Sc1ccc([C@@H](C2CCCC2)N2CCNCC2)cc1. The largest absolute Gasteiger partial charge is 0.446 e. The van der Waals surface area contributed by atoms with Crippen molar-refractivity contribution in [2.45, 2.75) is 42.1 Å². The summed E-state index contributed by atoms with van der Waals surface area (Å²) in [5, 5.41) is 3.38. The topological polar surface area (TPSA) is 15.3 Å². The summed E-state index contributed by atoms with van der Waals surface area (Å²) in [6, 6.07) is 7.40. The Morgan fingerprint density at radius 2 is 1.56 bits per heavy atom. The summed E-state index contributed by atoms with van der Waals surface area (Å²) in [6.45, 7) is 4.01. The van der Waals surface area contributed by atoms with Gasteiger partial charge in [0.2, 0.25) is 0 Å². The van der Waals surface area contributed by atoms with E-state index in [9.17, 15) is 13.2 Å². The highest BCUT2D eigenvalue weighted by atomic mass is 35.5. The highest BCUT2D eigenvalue weighted by Gasteiger charge is 2.32. The number of alkyl halides is 3. The second-order valence-electron chi connectivity index (χ2n) is 6.39. The van der Waals surface area contributed by atoms with Crippen molar-refractivity contribution in [3.63, 3.8) is 0 Å². The Labute approximate surface area is 164 Å². The Bertz CT molecular complexity index is 502. The van der Waals surface area contributed by atoms with Gasteiger partial charge in [0.1, 0.15) is 0 Å². The lowest BCUT2D eigenvalue weighted by molar-refractivity contribution is -0.0328. The lowest BCUT2D eigenvalue weighted by atomic mass is 9.90. The van der Waals surface area contributed by atoms with E-state index in [1.54, 1.807) is 12.1 Å². The van der Waals surface area contributed by atoms with Crippen LogP contribution in [0.2, 0.25) is 0 Å². The van der Waals surface area contributed by atoms with Crippen LogP contribution in [0.25, 0.3) is 0 Å². The van der Waals surface area contributed by atoms with E-state index in [4.69, 9.17) is 0 Å². The summed E-state index contributed by atoms with van der Waals surface area (Å²) >= 11 is -0.0346. The standard InChI is InChI=1S/C17H23F3N2S.2ClH/c18-17(19,20)23-15-7-5-14(6-8-15)16(13-3-1-2-4-13)22-11-9-21-10-12-22;;/h5-8,13,16,21H,1-4,9-12H2;2*1H/t16-;;/m1../s1. The highest BCUT2D eigenvalue weighted by molar-refractivity contribution is 8.00. The second-order valence-corrected chi connectivity index (χ2v) is 7.53. The molecule has 2 fully saturated rings. The maximum Gasteiger partial charge on any atom is 0.446 e. The molecule has 3 rings (SSSR count). The number of halogens is 5. The molecule has 1 aromatic carbocycles. The first-order chi connectivity index (χ1) is 11.0. The minimum atomic E-state index is -4.22. The monoisotopic (exact) mass is 416 g/mol. The first kappa shape index (κ1) is 22.9. The van der Waals surface area contributed by atoms with Gasteiger partial charge in [0, 0.05) is 37.1 Å². The average Bonchev–Trinajstić information content (AvgIpc) is 3.03. The number of nitrogens with one attached hydrogen (secondary N) is 1. The fourth-order valence-corrected chi connectivity index (χ4v) is 4.42. The Morgan fingerprint density at radius 1 is 1.00 bits per heavy atom. The van der Waals surface area contributed by atoms with E-state index in [0.717, 1.165) is 26.2 Å². The van der Waals surface area contributed by atoms with Crippen molar-refractivity contribution >= 4 is 36.6 Å². The Balaban J connectivity index is 0.00000156. The van der Waals surface area contributed by atoms with E-state index in [0.29, 0.717) is 12.0 Å². The van der Waals surface area contributed by atoms with Crippen LogP contribution in [-0.2, 0) is 0 Å². The van der Waals surface area contributed by atoms with E-state index < -0.39 is 5.51 Å². The third-order valence-electron chi connectivity index (χ3n) is 4.85. The highest BCUT2D eigenvalue weighted by Crippen LogP contribution is 2.41. The molecule has 2 nitrogen and oxygen atoms in total. The molecule has 1 saturated carbocycles. The van der Waals surface area contributed by atoms with Crippen LogP contribution in [0.3, 0.4) is 0 Å². The maximum atomic E-state index is 12.5. The molecule has 1 aliphatic heterocycles. The average molecular weight is 417 g/mol. The number of piperazine rings is 1. The normalized spacial score (nSPS) is 20.6. The molecule has 0 aromatic heterocycles. The van der Waals surface area contributed by atoms with Gasteiger partial charge in [-0.2, -0.15) is 13.2 Å².